The number of thiazole rings is 1. The Morgan fingerprint density at radius 3 is 2.79 bits per heavy atom. The van der Waals surface area contributed by atoms with Crippen molar-refractivity contribution < 1.29 is 34.5 Å². The Morgan fingerprint density at radius 2 is 2.10 bits per heavy atom. The average molecular weight is 572 g/mol. The lowest BCUT2D eigenvalue weighted by atomic mass is 10.0. The Labute approximate surface area is 228 Å². The molecule has 2 aliphatic heterocycles. The average Bonchev–Trinajstić information content (AvgIpc) is 3.51. The number of β-lactam (4-membered cyclic amide) rings is 1. The zero-order valence-corrected chi connectivity index (χ0v) is 21.8. The first-order valence-corrected chi connectivity index (χ1v) is 13.2. The van der Waals surface area contributed by atoms with Crippen LogP contribution in [0.4, 0.5) is 5.13 Å². The van der Waals surface area contributed by atoms with Gasteiger partial charge in [-0.1, -0.05) is 17.3 Å². The van der Waals surface area contributed by atoms with E-state index in [2.05, 4.69) is 20.4 Å². The molecule has 2 amide bonds. The van der Waals surface area contributed by atoms with Gasteiger partial charge in [0.25, 0.3) is 11.8 Å². The van der Waals surface area contributed by atoms with Gasteiger partial charge in [0.15, 0.2) is 22.3 Å². The third-order valence-electron chi connectivity index (χ3n) is 5.99. The molecule has 14 nitrogen and oxygen atoms in total. The highest BCUT2D eigenvalue weighted by molar-refractivity contribution is 8.00. The Balaban J connectivity index is 1.32. The largest absolute Gasteiger partial charge is 0.504 e. The van der Waals surface area contributed by atoms with E-state index in [1.807, 2.05) is 0 Å². The molecular formula is C23H21N7O7S2. The number of aromatic hydroxyl groups is 2. The molecule has 0 bridgehead atoms. The van der Waals surface area contributed by atoms with E-state index in [4.69, 9.17) is 10.6 Å². The van der Waals surface area contributed by atoms with Crippen LogP contribution in [-0.2, 0) is 25.8 Å². The number of nitrogens with zero attached hydrogens (tertiary/aromatic N) is 5. The molecule has 39 heavy (non-hydrogen) atoms. The minimum absolute atomic E-state index is 0.161. The minimum Gasteiger partial charge on any atom is -0.504 e. The number of carboxylic acid groups (broad SMARTS) is 1. The summed E-state index contributed by atoms with van der Waals surface area (Å²) in [5.74, 6) is -2.84. The van der Waals surface area contributed by atoms with Crippen LogP contribution in [0.15, 0.2) is 52.4 Å². The van der Waals surface area contributed by atoms with Gasteiger partial charge in [-0.15, -0.1) is 23.1 Å². The molecule has 0 radical (unpaired) electrons. The highest BCUT2D eigenvalue weighted by atomic mass is 32.2. The molecular weight excluding hydrogens is 550 g/mol. The smallest absolute Gasteiger partial charge is 0.352 e. The first-order valence-electron chi connectivity index (χ1n) is 11.3. The number of imidazole rings is 1. The van der Waals surface area contributed by atoms with Crippen molar-refractivity contribution in [1.29, 1.82) is 0 Å². The molecule has 6 N–H and O–H groups in total. The van der Waals surface area contributed by atoms with Gasteiger partial charge in [0.05, 0.1) is 17.4 Å². The number of hydrogen-bond donors (Lipinski definition) is 5. The number of nitrogen functional groups attached to an aromatic ring is 1. The van der Waals surface area contributed by atoms with Gasteiger partial charge in [-0.3, -0.25) is 14.5 Å². The van der Waals surface area contributed by atoms with Crippen LogP contribution in [0, 0.1) is 0 Å². The number of aliphatic carboxylic acids is 1. The summed E-state index contributed by atoms with van der Waals surface area (Å²) in [6.07, 6.45) is 4.86. The van der Waals surface area contributed by atoms with Crippen LogP contribution in [0.2, 0.25) is 0 Å². The van der Waals surface area contributed by atoms with Crippen LogP contribution < -0.4 is 11.1 Å². The molecule has 2 atom stereocenters. The number of benzene rings is 1. The maximum absolute atomic E-state index is 13.0. The third-order valence-corrected chi connectivity index (χ3v) is 7.96. The second-order valence-corrected chi connectivity index (χ2v) is 10.4. The Kier molecular flexibility index (Phi) is 6.88. The molecule has 1 unspecified atom stereocenters. The van der Waals surface area contributed by atoms with Crippen molar-refractivity contribution >= 4 is 62.8 Å². The molecule has 3 aromatic rings. The van der Waals surface area contributed by atoms with Crippen LogP contribution in [0.1, 0.15) is 5.69 Å². The summed E-state index contributed by atoms with van der Waals surface area (Å²) in [7, 11) is 1.26. The van der Waals surface area contributed by atoms with Crippen LogP contribution in [-0.4, -0.2) is 82.5 Å². The fourth-order valence-electron chi connectivity index (χ4n) is 4.21. The number of phenols is 2. The monoisotopic (exact) mass is 571 g/mol. The fraction of sp³-hybridized carbons (Fsp3) is 0.217. The van der Waals surface area contributed by atoms with Gasteiger partial charge in [0, 0.05) is 29.8 Å². The predicted molar refractivity (Wildman–Crippen MR) is 142 cm³/mol. The maximum atomic E-state index is 13.0. The molecule has 4 heterocycles. The summed E-state index contributed by atoms with van der Waals surface area (Å²) in [5.41, 5.74) is 6.99. The Hall–Kier alpha value is -4.57. The molecule has 202 valence electrons. The van der Waals surface area contributed by atoms with Crippen molar-refractivity contribution in [3.05, 3.63) is 53.0 Å². The summed E-state index contributed by atoms with van der Waals surface area (Å²) < 4.78 is 1.71. The number of oxime groups is 1. The van der Waals surface area contributed by atoms with Crippen molar-refractivity contribution in [1.82, 2.24) is 24.8 Å². The lowest BCUT2D eigenvalue weighted by Crippen LogP contribution is -2.71. The van der Waals surface area contributed by atoms with Crippen LogP contribution >= 0.6 is 23.1 Å². The van der Waals surface area contributed by atoms with E-state index in [0.717, 1.165) is 16.2 Å². The van der Waals surface area contributed by atoms with Gasteiger partial charge >= 0.3 is 5.97 Å². The van der Waals surface area contributed by atoms with E-state index in [9.17, 15) is 29.7 Å². The topological polar surface area (TPSA) is 205 Å². The second-order valence-electron chi connectivity index (χ2n) is 8.36. The molecule has 1 saturated heterocycles. The predicted octanol–water partition coefficient (Wildman–Crippen LogP) is 0.832. The number of carbonyl (C=O) groups excluding carboxylic acids is 2. The number of phenolic OH excluding ortho intramolecular Hbond substituents is 2. The van der Waals surface area contributed by atoms with Gasteiger partial charge < -0.3 is 35.8 Å². The summed E-state index contributed by atoms with van der Waals surface area (Å²) in [5, 5.41) is 36.8. The van der Waals surface area contributed by atoms with Crippen LogP contribution in [0.25, 0.3) is 11.0 Å². The van der Waals surface area contributed by atoms with E-state index in [1.165, 1.54) is 42.7 Å². The Bertz CT molecular complexity index is 1590. The number of aromatic nitrogens is 3. The standard InChI is InChI=1S/C23H21N7O7S2/c1-37-28-16(12-8-39-23(24)26-12)19(33)27-17-20(34)30-18(22(35)36)10(7-38-21(17)30)3-2-4-29-9-25-11-5-14(31)15(32)6-13(11)29/h2-3,5-6,8-9,17,21,31-32H,4,7H2,1H3,(H2,24,26)(H,27,33)(H,35,36)/b3-2+,28-16-/t17?,21-/m1/s1. The first kappa shape index (κ1) is 26.1. The fourth-order valence-corrected chi connectivity index (χ4v) is 6.08. The van der Waals surface area contributed by atoms with E-state index in [1.54, 1.807) is 16.7 Å². The summed E-state index contributed by atoms with van der Waals surface area (Å²) >= 11 is 2.42. The lowest BCUT2D eigenvalue weighted by Gasteiger charge is -2.49. The molecule has 2 aliphatic rings. The van der Waals surface area contributed by atoms with E-state index < -0.39 is 29.2 Å². The van der Waals surface area contributed by atoms with Crippen molar-refractivity contribution in [2.45, 2.75) is 18.0 Å². The summed E-state index contributed by atoms with van der Waals surface area (Å²) in [6, 6.07) is 1.75. The zero-order valence-electron chi connectivity index (χ0n) is 20.1. The number of fused-ring (bicyclic) bond motifs is 2. The van der Waals surface area contributed by atoms with Gasteiger partial charge in [0.1, 0.15) is 29.9 Å². The van der Waals surface area contributed by atoms with Crippen LogP contribution in [0.3, 0.4) is 0 Å². The third kappa shape index (κ3) is 4.74. The SMILES string of the molecule is CO/N=C(\C(=O)NC1C(=O)N2C(C(=O)O)=C(/C=C/Cn3cnc4cc(O)c(O)cc43)CS[C@H]12)c1csc(N)n1. The lowest BCUT2D eigenvalue weighted by molar-refractivity contribution is -0.150. The number of nitrogens with two attached hydrogens (primary N) is 1. The summed E-state index contributed by atoms with van der Waals surface area (Å²) in [6.45, 7) is 0.292. The van der Waals surface area contributed by atoms with E-state index in [-0.39, 0.29) is 39.5 Å². The number of carboxylic acids is 1. The van der Waals surface area contributed by atoms with E-state index >= 15 is 0 Å². The highest BCUT2D eigenvalue weighted by Gasteiger charge is 2.54. The molecule has 1 fully saturated rings. The van der Waals surface area contributed by atoms with Crippen molar-refractivity contribution in [3.63, 3.8) is 0 Å². The molecule has 0 saturated carbocycles. The van der Waals surface area contributed by atoms with Gasteiger partial charge in [-0.25, -0.2) is 14.8 Å². The number of hydrogen-bond acceptors (Lipinski definition) is 12. The highest BCUT2D eigenvalue weighted by Crippen LogP contribution is 2.40. The van der Waals surface area contributed by atoms with Crippen molar-refractivity contribution in [2.75, 3.05) is 18.6 Å². The maximum Gasteiger partial charge on any atom is 0.352 e. The van der Waals surface area contributed by atoms with Gasteiger partial charge in [-0.2, -0.15) is 0 Å². The Morgan fingerprint density at radius 1 is 1.33 bits per heavy atom. The van der Waals surface area contributed by atoms with Crippen molar-refractivity contribution in [3.8, 4) is 11.5 Å². The van der Waals surface area contributed by atoms with Gasteiger partial charge in [0.2, 0.25) is 0 Å². The zero-order chi connectivity index (χ0) is 27.8. The quantitative estimate of drug-likeness (QED) is 0.111. The number of amides is 2. The number of nitrogens with one attached hydrogen (secondary N) is 1. The first-order chi connectivity index (χ1) is 18.7. The number of rotatable bonds is 8. The molecule has 16 heteroatoms. The number of thioether (sulfide) groups is 1. The van der Waals surface area contributed by atoms with Crippen molar-refractivity contribution in [2.24, 2.45) is 5.16 Å². The number of carbonyl (C=O) groups is 3. The molecule has 0 aliphatic carbocycles. The molecule has 2 aromatic heterocycles. The number of anilines is 1. The normalized spacial score (nSPS) is 19.4. The van der Waals surface area contributed by atoms with Gasteiger partial charge in [-0.05, 0) is 5.57 Å². The minimum atomic E-state index is -1.27. The van der Waals surface area contributed by atoms with Crippen LogP contribution in [0.5, 0.6) is 11.5 Å². The van der Waals surface area contributed by atoms with E-state index in [0.29, 0.717) is 23.2 Å². The number of allylic oxidation sites excluding steroid dienone is 2. The summed E-state index contributed by atoms with van der Waals surface area (Å²) in [4.78, 5) is 52.1. The molecule has 0 spiro atoms. The second kappa shape index (κ2) is 10.3. The molecule has 5 rings (SSSR count). The molecule has 1 aromatic carbocycles.